The van der Waals surface area contributed by atoms with Gasteiger partial charge in [0.2, 0.25) is 0 Å². The van der Waals surface area contributed by atoms with Crippen LogP contribution in [-0.2, 0) is 17.8 Å². The topological polar surface area (TPSA) is 74.8 Å². The average Bonchev–Trinajstić information content (AvgIpc) is 3.61. The van der Waals surface area contributed by atoms with Gasteiger partial charge in [0.05, 0.1) is 18.4 Å². The molecule has 7 nitrogen and oxygen atoms in total. The molecule has 0 bridgehead atoms. The highest BCUT2D eigenvalue weighted by molar-refractivity contribution is 7.99. The fourth-order valence-corrected chi connectivity index (χ4v) is 5.40. The molecule has 8 heteroatoms. The second-order valence-electron chi connectivity index (χ2n) is 8.86. The van der Waals surface area contributed by atoms with Crippen molar-refractivity contribution < 1.29 is 9.53 Å². The van der Waals surface area contributed by atoms with Crippen LogP contribution < -0.4 is 0 Å². The first-order valence-electron chi connectivity index (χ1n) is 11.9. The lowest BCUT2D eigenvalue weighted by Gasteiger charge is -2.14. The maximum absolute atomic E-state index is 13.3. The minimum atomic E-state index is 0.0985. The molecule has 180 valence electrons. The van der Waals surface area contributed by atoms with Crippen molar-refractivity contribution in [3.8, 4) is 11.4 Å². The van der Waals surface area contributed by atoms with Gasteiger partial charge in [-0.1, -0.05) is 42.1 Å². The second kappa shape index (κ2) is 10.6. The summed E-state index contributed by atoms with van der Waals surface area (Å²) in [5, 5.41) is 9.64. The first-order chi connectivity index (χ1) is 17.1. The number of thioether (sulfide) groups is 1. The Balaban J connectivity index is 1.36. The van der Waals surface area contributed by atoms with Crippen LogP contribution in [0.25, 0.3) is 11.4 Å². The molecule has 1 aliphatic rings. The van der Waals surface area contributed by atoms with E-state index in [0.717, 1.165) is 65.1 Å². The zero-order valence-electron chi connectivity index (χ0n) is 20.1. The molecule has 4 aromatic rings. The van der Waals surface area contributed by atoms with Gasteiger partial charge in [0, 0.05) is 48.1 Å². The van der Waals surface area contributed by atoms with Crippen molar-refractivity contribution in [2.75, 3.05) is 12.4 Å². The van der Waals surface area contributed by atoms with E-state index >= 15 is 0 Å². The normalized spacial score (nSPS) is 15.5. The quantitative estimate of drug-likeness (QED) is 0.245. The number of aryl methyl sites for hydroxylation is 1. The van der Waals surface area contributed by atoms with Gasteiger partial charge in [0.15, 0.2) is 16.8 Å². The number of benzene rings is 1. The van der Waals surface area contributed by atoms with Crippen LogP contribution in [0.3, 0.4) is 0 Å². The number of aromatic nitrogens is 5. The van der Waals surface area contributed by atoms with Crippen molar-refractivity contribution in [3.05, 3.63) is 83.4 Å². The lowest BCUT2D eigenvalue weighted by molar-refractivity contribution is 0.0957. The molecule has 3 aromatic heterocycles. The van der Waals surface area contributed by atoms with Crippen LogP contribution in [0, 0.1) is 13.8 Å². The molecular formula is C27H29N5O2S. The predicted molar refractivity (Wildman–Crippen MR) is 137 cm³/mol. The van der Waals surface area contributed by atoms with Crippen LogP contribution in [0.1, 0.15) is 40.2 Å². The minimum Gasteiger partial charge on any atom is -0.376 e. The van der Waals surface area contributed by atoms with Crippen molar-refractivity contribution in [2.24, 2.45) is 0 Å². The molecule has 4 heterocycles. The van der Waals surface area contributed by atoms with E-state index in [1.165, 1.54) is 11.8 Å². The summed E-state index contributed by atoms with van der Waals surface area (Å²) in [7, 11) is 0. The van der Waals surface area contributed by atoms with E-state index in [4.69, 9.17) is 4.74 Å². The number of hydrogen-bond acceptors (Lipinski definition) is 6. The smallest absolute Gasteiger partial charge is 0.192 e. The standard InChI is InChI=1S/C27H29N5O2S/c1-19-15-24(20(2)31(19)17-23-9-6-14-34-23)25(33)18-35-27-30-29-26(22-10-12-28-13-11-22)32(27)16-21-7-4-3-5-8-21/h3-5,7-8,10-13,15,23H,6,9,14,16-18H2,1-2H3/t23-/m0/s1. The number of pyridine rings is 1. The van der Waals surface area contributed by atoms with Gasteiger partial charge in [-0.15, -0.1) is 10.2 Å². The third-order valence-corrected chi connectivity index (χ3v) is 7.42. The molecule has 1 atom stereocenters. The summed E-state index contributed by atoms with van der Waals surface area (Å²) in [6.07, 6.45) is 5.92. The Morgan fingerprint density at radius 1 is 1.09 bits per heavy atom. The molecule has 0 aliphatic carbocycles. The highest BCUT2D eigenvalue weighted by Gasteiger charge is 2.22. The number of ether oxygens (including phenoxy) is 1. The highest BCUT2D eigenvalue weighted by atomic mass is 32.2. The molecule has 1 aliphatic heterocycles. The minimum absolute atomic E-state index is 0.0985. The number of carbonyl (C=O) groups is 1. The van der Waals surface area contributed by atoms with Gasteiger partial charge in [0.1, 0.15) is 0 Å². The van der Waals surface area contributed by atoms with Crippen LogP contribution >= 0.6 is 11.8 Å². The summed E-state index contributed by atoms with van der Waals surface area (Å²) in [5.74, 6) is 1.16. The number of nitrogens with zero attached hydrogens (tertiary/aromatic N) is 5. The molecule has 0 N–H and O–H groups in total. The number of hydrogen-bond donors (Lipinski definition) is 0. The largest absolute Gasteiger partial charge is 0.376 e. The van der Waals surface area contributed by atoms with Crippen LogP contribution in [-0.4, -0.2) is 48.6 Å². The fraction of sp³-hybridized carbons (Fsp3) is 0.333. The van der Waals surface area contributed by atoms with E-state index in [0.29, 0.717) is 12.3 Å². The van der Waals surface area contributed by atoms with Crippen molar-refractivity contribution in [1.82, 2.24) is 24.3 Å². The summed E-state index contributed by atoms with van der Waals surface area (Å²) in [6.45, 7) is 6.34. The Hall–Kier alpha value is -3.23. The summed E-state index contributed by atoms with van der Waals surface area (Å²) in [5.41, 5.74) is 4.97. The Labute approximate surface area is 209 Å². The fourth-order valence-electron chi connectivity index (χ4n) is 4.58. The first kappa shape index (κ1) is 23.5. The molecule has 0 saturated carbocycles. The van der Waals surface area contributed by atoms with Gasteiger partial charge >= 0.3 is 0 Å². The monoisotopic (exact) mass is 487 g/mol. The van der Waals surface area contributed by atoms with E-state index in [9.17, 15) is 4.79 Å². The van der Waals surface area contributed by atoms with E-state index in [1.807, 2.05) is 43.3 Å². The maximum Gasteiger partial charge on any atom is 0.192 e. The number of ketones is 1. The van der Waals surface area contributed by atoms with Crippen molar-refractivity contribution in [1.29, 1.82) is 0 Å². The Morgan fingerprint density at radius 2 is 1.89 bits per heavy atom. The van der Waals surface area contributed by atoms with Crippen LogP contribution in [0.5, 0.6) is 0 Å². The molecule has 1 aromatic carbocycles. The molecule has 0 amide bonds. The summed E-state index contributed by atoms with van der Waals surface area (Å²) in [6, 6.07) is 16.1. The van der Waals surface area contributed by atoms with Gasteiger partial charge in [0.25, 0.3) is 0 Å². The van der Waals surface area contributed by atoms with Gasteiger partial charge in [-0.05, 0) is 50.5 Å². The maximum atomic E-state index is 13.3. The van der Waals surface area contributed by atoms with Gasteiger partial charge in [-0.3, -0.25) is 14.3 Å². The molecule has 0 unspecified atom stereocenters. The number of rotatable bonds is 9. The zero-order chi connectivity index (χ0) is 24.2. The highest BCUT2D eigenvalue weighted by Crippen LogP contribution is 2.27. The molecule has 35 heavy (non-hydrogen) atoms. The molecule has 1 saturated heterocycles. The molecule has 0 radical (unpaired) electrons. The lowest BCUT2D eigenvalue weighted by atomic mass is 10.2. The Bertz CT molecular complexity index is 1290. The number of Topliss-reactive ketones (excluding diaryl/α,β-unsaturated/α-hetero) is 1. The third kappa shape index (κ3) is 5.23. The van der Waals surface area contributed by atoms with Crippen molar-refractivity contribution in [3.63, 3.8) is 0 Å². The predicted octanol–water partition coefficient (Wildman–Crippen LogP) is 4.96. The van der Waals surface area contributed by atoms with E-state index in [1.54, 1.807) is 12.4 Å². The van der Waals surface area contributed by atoms with Crippen molar-refractivity contribution in [2.45, 2.75) is 51.0 Å². The van der Waals surface area contributed by atoms with Crippen LogP contribution in [0.4, 0.5) is 0 Å². The van der Waals surface area contributed by atoms with Gasteiger partial charge in [-0.25, -0.2) is 0 Å². The third-order valence-electron chi connectivity index (χ3n) is 6.46. The molecular weight excluding hydrogens is 458 g/mol. The SMILES string of the molecule is Cc1cc(C(=O)CSc2nnc(-c3ccncc3)n2Cc2ccccc2)c(C)n1C[C@@H]1CCCO1. The van der Waals surface area contributed by atoms with Crippen molar-refractivity contribution >= 4 is 17.5 Å². The molecule has 5 rings (SSSR count). The lowest BCUT2D eigenvalue weighted by Crippen LogP contribution is -2.17. The van der Waals surface area contributed by atoms with Crippen LogP contribution in [0.15, 0.2) is 66.1 Å². The van der Waals surface area contributed by atoms with Gasteiger partial charge < -0.3 is 9.30 Å². The van der Waals surface area contributed by atoms with E-state index in [2.05, 4.69) is 43.4 Å². The summed E-state index contributed by atoms with van der Waals surface area (Å²) < 4.78 is 10.1. The van der Waals surface area contributed by atoms with E-state index in [-0.39, 0.29) is 11.9 Å². The van der Waals surface area contributed by atoms with Gasteiger partial charge in [-0.2, -0.15) is 0 Å². The Kier molecular flexibility index (Phi) is 7.11. The summed E-state index contributed by atoms with van der Waals surface area (Å²) >= 11 is 1.43. The first-order valence-corrected chi connectivity index (χ1v) is 12.9. The average molecular weight is 488 g/mol. The molecule has 1 fully saturated rings. The zero-order valence-corrected chi connectivity index (χ0v) is 20.9. The number of carbonyl (C=O) groups excluding carboxylic acids is 1. The van der Waals surface area contributed by atoms with Crippen LogP contribution in [0.2, 0.25) is 0 Å². The van der Waals surface area contributed by atoms with E-state index < -0.39 is 0 Å². The molecule has 0 spiro atoms. The second-order valence-corrected chi connectivity index (χ2v) is 9.80. The summed E-state index contributed by atoms with van der Waals surface area (Å²) in [4.78, 5) is 17.4. The Morgan fingerprint density at radius 3 is 2.63 bits per heavy atom.